The van der Waals surface area contributed by atoms with Crippen LogP contribution >= 0.6 is 0 Å². The van der Waals surface area contributed by atoms with Gasteiger partial charge in [0.2, 0.25) is 5.91 Å². The van der Waals surface area contributed by atoms with Crippen molar-refractivity contribution in [3.8, 4) is 0 Å². The summed E-state index contributed by atoms with van der Waals surface area (Å²) in [5.74, 6) is -0.347. The zero-order valence-corrected chi connectivity index (χ0v) is 13.8. The fourth-order valence-corrected chi connectivity index (χ4v) is 3.54. The predicted octanol–water partition coefficient (Wildman–Crippen LogP) is 2.44. The van der Waals surface area contributed by atoms with Crippen LogP contribution in [0.25, 0.3) is 0 Å². The smallest absolute Gasteiger partial charge is 0.343 e. The van der Waals surface area contributed by atoms with E-state index in [-0.39, 0.29) is 17.6 Å². The summed E-state index contributed by atoms with van der Waals surface area (Å²) in [6.07, 6.45) is 0.111. The first-order valence-electron chi connectivity index (χ1n) is 8.57. The molecule has 0 unspecified atom stereocenters. The Morgan fingerprint density at radius 2 is 2.08 bits per heavy atom. The normalized spacial score (nSPS) is 21.9. The lowest BCUT2D eigenvalue weighted by atomic mass is 9.98. The highest BCUT2D eigenvalue weighted by Crippen LogP contribution is 2.29. The maximum absolute atomic E-state index is 12.7. The van der Waals surface area contributed by atoms with Crippen LogP contribution in [0.5, 0.6) is 0 Å². The number of nitrogens with zero attached hydrogens (tertiary/aromatic N) is 3. The molecule has 3 rings (SSSR count). The second-order valence-electron chi connectivity index (χ2n) is 6.59. The second kappa shape index (κ2) is 7.05. The van der Waals surface area contributed by atoms with Crippen LogP contribution in [0.1, 0.15) is 54.7 Å². The number of carbonyl (C=O) groups excluding carboxylic acids is 2. The van der Waals surface area contributed by atoms with Crippen LogP contribution in [0.2, 0.25) is 0 Å². The fourth-order valence-electron chi connectivity index (χ4n) is 3.54. The number of alkyl halides is 3. The van der Waals surface area contributed by atoms with Crippen LogP contribution in [0.4, 0.5) is 13.2 Å². The molecule has 0 radical (unpaired) electrons. The number of aromatic nitrogens is 2. The summed E-state index contributed by atoms with van der Waals surface area (Å²) in [6.45, 7) is 1.83. The molecule has 2 aliphatic heterocycles. The minimum atomic E-state index is -4.55. The summed E-state index contributed by atoms with van der Waals surface area (Å²) in [5, 5.41) is 5.43. The predicted molar refractivity (Wildman–Crippen MR) is 82.7 cm³/mol. The van der Waals surface area contributed by atoms with E-state index in [4.69, 9.17) is 0 Å². The number of carbonyl (C=O) groups is 2. The number of H-pyrrole nitrogens is 1. The molecule has 0 spiro atoms. The number of nitrogens with one attached hydrogen (secondary N) is 1. The van der Waals surface area contributed by atoms with Gasteiger partial charge in [-0.05, 0) is 32.1 Å². The highest BCUT2D eigenvalue weighted by molar-refractivity contribution is 5.92. The van der Waals surface area contributed by atoms with Crippen molar-refractivity contribution in [3.05, 3.63) is 17.5 Å². The SMILES string of the molecule is O=C1CCCN1CC[C@H]1CCCCN1C(=O)c1cc(C(F)(F)F)[nH]n1. The highest BCUT2D eigenvalue weighted by Gasteiger charge is 2.36. The Morgan fingerprint density at radius 3 is 2.72 bits per heavy atom. The number of amides is 2. The van der Waals surface area contributed by atoms with Crippen LogP contribution in [0.15, 0.2) is 6.07 Å². The summed E-state index contributed by atoms with van der Waals surface area (Å²) in [6, 6.07) is 0.693. The van der Waals surface area contributed by atoms with Crippen LogP contribution in [-0.4, -0.2) is 57.5 Å². The Balaban J connectivity index is 1.66. The van der Waals surface area contributed by atoms with Gasteiger partial charge in [-0.15, -0.1) is 0 Å². The van der Waals surface area contributed by atoms with Crippen molar-refractivity contribution in [1.82, 2.24) is 20.0 Å². The molecule has 0 aliphatic carbocycles. The third-order valence-electron chi connectivity index (χ3n) is 4.89. The summed E-state index contributed by atoms with van der Waals surface area (Å²) in [4.78, 5) is 27.7. The van der Waals surface area contributed by atoms with Gasteiger partial charge < -0.3 is 9.80 Å². The van der Waals surface area contributed by atoms with E-state index in [9.17, 15) is 22.8 Å². The molecule has 0 saturated carbocycles. The molecule has 6 nitrogen and oxygen atoms in total. The van der Waals surface area contributed by atoms with Gasteiger partial charge in [-0.2, -0.15) is 18.3 Å². The number of hydrogen-bond acceptors (Lipinski definition) is 3. The molecular formula is C16H21F3N4O2. The maximum Gasteiger partial charge on any atom is 0.432 e. The molecule has 138 valence electrons. The van der Waals surface area contributed by atoms with Gasteiger partial charge >= 0.3 is 6.18 Å². The fraction of sp³-hybridized carbons (Fsp3) is 0.688. The first-order valence-corrected chi connectivity index (χ1v) is 8.57. The average molecular weight is 358 g/mol. The first kappa shape index (κ1) is 17.8. The Morgan fingerprint density at radius 1 is 1.28 bits per heavy atom. The van der Waals surface area contributed by atoms with Crippen molar-refractivity contribution in [2.24, 2.45) is 0 Å². The Hall–Kier alpha value is -2.06. The first-order chi connectivity index (χ1) is 11.9. The lowest BCUT2D eigenvalue weighted by Crippen LogP contribution is -2.45. The van der Waals surface area contributed by atoms with Gasteiger partial charge in [0.1, 0.15) is 5.69 Å². The molecule has 9 heteroatoms. The summed E-state index contributed by atoms with van der Waals surface area (Å²) < 4.78 is 38.0. The highest BCUT2D eigenvalue weighted by atomic mass is 19.4. The molecule has 3 heterocycles. The second-order valence-corrected chi connectivity index (χ2v) is 6.59. The zero-order valence-electron chi connectivity index (χ0n) is 13.8. The number of likely N-dealkylation sites (tertiary alicyclic amines) is 2. The van der Waals surface area contributed by atoms with Gasteiger partial charge in [0.15, 0.2) is 5.69 Å². The van der Waals surface area contributed by atoms with Crippen molar-refractivity contribution >= 4 is 11.8 Å². The van der Waals surface area contributed by atoms with Gasteiger partial charge in [-0.25, -0.2) is 0 Å². The van der Waals surface area contributed by atoms with E-state index < -0.39 is 17.8 Å². The molecule has 2 saturated heterocycles. The maximum atomic E-state index is 12.7. The Labute approximate surface area is 143 Å². The van der Waals surface area contributed by atoms with Gasteiger partial charge in [-0.3, -0.25) is 14.7 Å². The minimum Gasteiger partial charge on any atom is -0.343 e. The van der Waals surface area contributed by atoms with Crippen molar-refractivity contribution in [3.63, 3.8) is 0 Å². The van der Waals surface area contributed by atoms with E-state index in [2.05, 4.69) is 5.10 Å². The van der Waals surface area contributed by atoms with Gasteiger partial charge in [0.05, 0.1) is 0 Å². The molecule has 1 aromatic rings. The standard InChI is InChI=1S/C16H21F3N4O2/c17-16(18,19)13-10-12(20-21-13)15(25)23-8-2-1-4-11(23)6-9-22-7-3-5-14(22)24/h10-11H,1-9H2,(H,20,21)/t11-/m1/s1. The van der Waals surface area contributed by atoms with Crippen molar-refractivity contribution in [1.29, 1.82) is 0 Å². The van der Waals surface area contributed by atoms with Crippen LogP contribution in [0, 0.1) is 0 Å². The van der Waals surface area contributed by atoms with E-state index in [1.807, 2.05) is 5.10 Å². The van der Waals surface area contributed by atoms with E-state index in [1.54, 1.807) is 9.80 Å². The van der Waals surface area contributed by atoms with Gasteiger partial charge in [0.25, 0.3) is 5.91 Å². The van der Waals surface area contributed by atoms with E-state index in [0.717, 1.165) is 38.3 Å². The molecule has 2 fully saturated rings. The molecule has 0 aromatic carbocycles. The number of hydrogen-bond donors (Lipinski definition) is 1. The average Bonchev–Trinajstić information content (AvgIpc) is 3.21. The number of rotatable bonds is 4. The monoisotopic (exact) mass is 358 g/mol. The molecule has 25 heavy (non-hydrogen) atoms. The Bertz CT molecular complexity index is 644. The van der Waals surface area contributed by atoms with Gasteiger partial charge in [-0.1, -0.05) is 0 Å². The van der Waals surface area contributed by atoms with E-state index >= 15 is 0 Å². The third-order valence-corrected chi connectivity index (χ3v) is 4.89. The quantitative estimate of drug-likeness (QED) is 0.899. The largest absolute Gasteiger partial charge is 0.432 e. The Kier molecular flexibility index (Phi) is 5.01. The molecule has 1 aromatic heterocycles. The minimum absolute atomic E-state index is 0.0688. The lowest BCUT2D eigenvalue weighted by Gasteiger charge is -2.36. The zero-order chi connectivity index (χ0) is 18.0. The summed E-state index contributed by atoms with van der Waals surface area (Å²) >= 11 is 0. The van der Waals surface area contributed by atoms with Crippen molar-refractivity contribution in [2.75, 3.05) is 19.6 Å². The molecule has 2 amide bonds. The number of aromatic amines is 1. The molecular weight excluding hydrogens is 337 g/mol. The van der Waals surface area contributed by atoms with Crippen LogP contribution in [0.3, 0.4) is 0 Å². The molecule has 0 bridgehead atoms. The van der Waals surface area contributed by atoms with E-state index in [0.29, 0.717) is 25.9 Å². The molecule has 1 N–H and O–H groups in total. The third kappa shape index (κ3) is 3.96. The van der Waals surface area contributed by atoms with Gasteiger partial charge in [0, 0.05) is 38.2 Å². The lowest BCUT2D eigenvalue weighted by molar-refractivity contribution is -0.141. The topological polar surface area (TPSA) is 69.3 Å². The van der Waals surface area contributed by atoms with Crippen molar-refractivity contribution < 1.29 is 22.8 Å². The number of piperidine rings is 1. The van der Waals surface area contributed by atoms with Crippen LogP contribution < -0.4 is 0 Å². The van der Waals surface area contributed by atoms with Crippen molar-refractivity contribution in [2.45, 2.75) is 50.7 Å². The van der Waals surface area contributed by atoms with E-state index in [1.165, 1.54) is 0 Å². The number of halogens is 3. The molecule has 1 atom stereocenters. The van der Waals surface area contributed by atoms with Crippen LogP contribution in [-0.2, 0) is 11.0 Å². The summed E-state index contributed by atoms with van der Waals surface area (Å²) in [5.41, 5.74) is -1.23. The molecule has 2 aliphatic rings. The summed E-state index contributed by atoms with van der Waals surface area (Å²) in [7, 11) is 0.